The number of aromatic amines is 1. The van der Waals surface area contributed by atoms with Gasteiger partial charge in [-0.15, -0.1) is 0 Å². The largest absolute Gasteiger partial charge is 0.478 e. The fraction of sp³-hybridized carbons (Fsp3) is 0.417. The Kier molecular flexibility index (Phi) is 5.76. The third kappa shape index (κ3) is 4.51. The molecule has 7 nitrogen and oxygen atoms in total. The number of fused-ring (bicyclic) bond motifs is 2. The van der Waals surface area contributed by atoms with Crippen LogP contribution in [0, 0.1) is 0 Å². The van der Waals surface area contributed by atoms with Gasteiger partial charge in [-0.25, -0.2) is 0 Å². The van der Waals surface area contributed by atoms with Crippen LogP contribution in [0.4, 0.5) is 11.5 Å². The molecule has 0 atom stereocenters. The second kappa shape index (κ2) is 8.98. The maximum atomic E-state index is 11.5. The summed E-state index contributed by atoms with van der Waals surface area (Å²) < 4.78 is 5.81. The summed E-state index contributed by atoms with van der Waals surface area (Å²) in [5.74, 6) is 1.27. The zero-order chi connectivity index (χ0) is 21.0. The predicted octanol–water partition coefficient (Wildman–Crippen LogP) is 3.43. The van der Waals surface area contributed by atoms with E-state index in [2.05, 4.69) is 49.4 Å². The number of anilines is 2. The monoisotopic (exact) mass is 419 g/mol. The van der Waals surface area contributed by atoms with Crippen LogP contribution in [0.5, 0.6) is 5.88 Å². The summed E-state index contributed by atoms with van der Waals surface area (Å²) in [4.78, 5) is 24.4. The number of pyridine rings is 1. The van der Waals surface area contributed by atoms with Gasteiger partial charge in [0.15, 0.2) is 0 Å². The van der Waals surface area contributed by atoms with Crippen LogP contribution < -0.4 is 15.0 Å². The Bertz CT molecular complexity index is 1060. The molecule has 0 spiro atoms. The minimum Gasteiger partial charge on any atom is -0.478 e. The molecule has 2 aromatic heterocycles. The number of para-hydroxylation sites is 1. The molecule has 5 rings (SSSR count). The molecule has 2 aliphatic rings. The van der Waals surface area contributed by atoms with Gasteiger partial charge in [0.25, 0.3) is 0 Å². The lowest BCUT2D eigenvalue weighted by molar-refractivity contribution is -0.116. The molecule has 0 radical (unpaired) electrons. The van der Waals surface area contributed by atoms with Crippen LogP contribution in [0.1, 0.15) is 24.8 Å². The van der Waals surface area contributed by atoms with Crippen molar-refractivity contribution in [2.24, 2.45) is 0 Å². The third-order valence-electron chi connectivity index (χ3n) is 6.23. The molecular formula is C24H29N5O2. The normalized spacial score (nSPS) is 16.9. The first-order valence-corrected chi connectivity index (χ1v) is 11.2. The van der Waals surface area contributed by atoms with Crippen molar-refractivity contribution in [2.75, 3.05) is 49.5 Å². The van der Waals surface area contributed by atoms with Crippen LogP contribution in [0.3, 0.4) is 0 Å². The van der Waals surface area contributed by atoms with E-state index in [-0.39, 0.29) is 5.91 Å². The number of aryl methyl sites for hydroxylation is 1. The maximum Gasteiger partial charge on any atom is 0.225 e. The van der Waals surface area contributed by atoms with E-state index >= 15 is 0 Å². The van der Waals surface area contributed by atoms with E-state index in [1.54, 1.807) is 0 Å². The number of unbranched alkanes of at least 4 members (excludes halogenated alkanes) is 1. The molecule has 3 aromatic rings. The van der Waals surface area contributed by atoms with Gasteiger partial charge in [-0.3, -0.25) is 9.69 Å². The summed E-state index contributed by atoms with van der Waals surface area (Å²) in [5, 5.41) is 4.10. The summed E-state index contributed by atoms with van der Waals surface area (Å²) >= 11 is 0. The van der Waals surface area contributed by atoms with Crippen molar-refractivity contribution in [1.82, 2.24) is 14.9 Å². The van der Waals surface area contributed by atoms with Gasteiger partial charge in [0, 0.05) is 50.2 Å². The van der Waals surface area contributed by atoms with Crippen molar-refractivity contribution < 1.29 is 9.53 Å². The Hall–Kier alpha value is -3.06. The summed E-state index contributed by atoms with van der Waals surface area (Å²) in [5.41, 5.74) is 3.63. The van der Waals surface area contributed by atoms with Crippen molar-refractivity contribution in [1.29, 1.82) is 0 Å². The smallest absolute Gasteiger partial charge is 0.225 e. The maximum absolute atomic E-state index is 11.5. The minimum absolute atomic E-state index is 0.0295. The van der Waals surface area contributed by atoms with E-state index in [0.717, 1.165) is 57.5 Å². The number of rotatable bonds is 7. The molecule has 1 aromatic carbocycles. The molecule has 0 saturated carbocycles. The molecule has 162 valence electrons. The predicted molar refractivity (Wildman–Crippen MR) is 123 cm³/mol. The Balaban J connectivity index is 1.03. The van der Waals surface area contributed by atoms with Crippen LogP contribution in [0.25, 0.3) is 10.9 Å². The molecule has 4 heterocycles. The molecule has 0 aliphatic carbocycles. The highest BCUT2D eigenvalue weighted by Gasteiger charge is 2.19. The van der Waals surface area contributed by atoms with Crippen molar-refractivity contribution in [3.8, 4) is 5.88 Å². The van der Waals surface area contributed by atoms with E-state index in [0.29, 0.717) is 24.7 Å². The standard InChI is InChI=1S/C24H29N5O2/c30-21-8-6-19-7-9-22(27-24(19)26-21)31-17-2-1-12-28-13-15-29(16-14-28)20-5-3-4-18-10-11-25-23(18)20/h3-5,7,9-11,25H,1-2,6,8,12-17H2,(H,26,27,30). The number of piperazine rings is 1. The number of H-pyrrole nitrogens is 1. The lowest BCUT2D eigenvalue weighted by atomic mass is 10.1. The molecule has 2 aliphatic heterocycles. The average molecular weight is 420 g/mol. The lowest BCUT2D eigenvalue weighted by Crippen LogP contribution is -2.46. The number of nitrogens with zero attached hydrogens (tertiary/aromatic N) is 3. The fourth-order valence-electron chi connectivity index (χ4n) is 4.46. The third-order valence-corrected chi connectivity index (χ3v) is 6.23. The van der Waals surface area contributed by atoms with Crippen molar-refractivity contribution in [2.45, 2.75) is 25.7 Å². The van der Waals surface area contributed by atoms with Crippen LogP contribution in [0.15, 0.2) is 42.6 Å². The van der Waals surface area contributed by atoms with Gasteiger partial charge in [-0.2, -0.15) is 4.98 Å². The second-order valence-corrected chi connectivity index (χ2v) is 8.31. The molecule has 7 heteroatoms. The van der Waals surface area contributed by atoms with Crippen LogP contribution in [-0.4, -0.2) is 60.1 Å². The number of hydrogen-bond acceptors (Lipinski definition) is 5. The number of nitrogens with one attached hydrogen (secondary N) is 2. The van der Waals surface area contributed by atoms with Crippen LogP contribution in [0.2, 0.25) is 0 Å². The lowest BCUT2D eigenvalue weighted by Gasteiger charge is -2.36. The van der Waals surface area contributed by atoms with Crippen molar-refractivity contribution in [3.63, 3.8) is 0 Å². The van der Waals surface area contributed by atoms with Gasteiger partial charge in [0.05, 0.1) is 17.8 Å². The molecule has 1 saturated heterocycles. The molecular weight excluding hydrogens is 390 g/mol. The number of hydrogen-bond donors (Lipinski definition) is 2. The van der Waals surface area contributed by atoms with E-state index < -0.39 is 0 Å². The number of ether oxygens (including phenoxy) is 1. The van der Waals surface area contributed by atoms with E-state index in [1.807, 2.05) is 18.3 Å². The Morgan fingerprint density at radius 1 is 1.00 bits per heavy atom. The summed E-state index contributed by atoms with van der Waals surface area (Å²) in [6.45, 7) is 6.03. The Morgan fingerprint density at radius 3 is 2.81 bits per heavy atom. The second-order valence-electron chi connectivity index (χ2n) is 8.31. The number of aromatic nitrogens is 2. The first-order valence-electron chi connectivity index (χ1n) is 11.2. The SMILES string of the molecule is O=C1CCc2ccc(OCCCCN3CCN(c4cccc5cc[nH]c45)CC3)nc2N1. The van der Waals surface area contributed by atoms with Gasteiger partial charge in [0.2, 0.25) is 11.8 Å². The molecule has 0 unspecified atom stereocenters. The van der Waals surface area contributed by atoms with Gasteiger partial charge < -0.3 is 19.9 Å². The first kappa shape index (κ1) is 19.9. The highest BCUT2D eigenvalue weighted by Crippen LogP contribution is 2.26. The van der Waals surface area contributed by atoms with E-state index in [9.17, 15) is 4.79 Å². The minimum atomic E-state index is 0.0295. The molecule has 1 amide bonds. The average Bonchev–Trinajstić information content (AvgIpc) is 3.28. The number of carbonyl (C=O) groups excluding carboxylic acids is 1. The topological polar surface area (TPSA) is 73.5 Å². The molecule has 0 bridgehead atoms. The fourth-order valence-corrected chi connectivity index (χ4v) is 4.46. The summed E-state index contributed by atoms with van der Waals surface area (Å²) in [6, 6.07) is 12.6. The molecule has 31 heavy (non-hydrogen) atoms. The molecule has 2 N–H and O–H groups in total. The van der Waals surface area contributed by atoms with Crippen molar-refractivity contribution in [3.05, 3.63) is 48.2 Å². The summed E-state index contributed by atoms with van der Waals surface area (Å²) in [7, 11) is 0. The van der Waals surface area contributed by atoms with Crippen LogP contribution in [-0.2, 0) is 11.2 Å². The highest BCUT2D eigenvalue weighted by molar-refractivity contribution is 5.93. The Labute approximate surface area is 182 Å². The quantitative estimate of drug-likeness (QED) is 0.574. The van der Waals surface area contributed by atoms with Gasteiger partial charge >= 0.3 is 0 Å². The van der Waals surface area contributed by atoms with Gasteiger partial charge in [-0.1, -0.05) is 12.1 Å². The zero-order valence-electron chi connectivity index (χ0n) is 17.8. The summed E-state index contributed by atoms with van der Waals surface area (Å²) in [6.07, 6.45) is 5.40. The van der Waals surface area contributed by atoms with Crippen LogP contribution >= 0.6 is 0 Å². The first-order chi connectivity index (χ1) is 15.3. The Morgan fingerprint density at radius 2 is 1.90 bits per heavy atom. The van der Waals surface area contributed by atoms with E-state index in [1.165, 1.54) is 16.6 Å². The van der Waals surface area contributed by atoms with E-state index in [4.69, 9.17) is 4.74 Å². The highest BCUT2D eigenvalue weighted by atomic mass is 16.5. The van der Waals surface area contributed by atoms with Gasteiger partial charge in [0.1, 0.15) is 5.82 Å². The van der Waals surface area contributed by atoms with Gasteiger partial charge in [-0.05, 0) is 49.6 Å². The number of amides is 1. The molecule has 1 fully saturated rings. The zero-order valence-corrected chi connectivity index (χ0v) is 17.8. The van der Waals surface area contributed by atoms with Crippen molar-refractivity contribution >= 4 is 28.3 Å². The number of benzene rings is 1. The number of carbonyl (C=O) groups is 1.